The zero-order valence-electron chi connectivity index (χ0n) is 41.0. The molecule has 0 unspecified atom stereocenters. The molecular formula is C45H30O. The van der Waals surface area contributed by atoms with Gasteiger partial charge in [0, 0.05) is 16.3 Å². The Bertz CT molecular complexity index is 3370. The molecule has 216 valence electrons. The molecule has 1 aromatic heterocycles. The van der Waals surface area contributed by atoms with E-state index in [0.29, 0.717) is 11.2 Å². The van der Waals surface area contributed by atoms with Crippen LogP contribution in [0.4, 0.5) is 0 Å². The van der Waals surface area contributed by atoms with Gasteiger partial charge in [0.25, 0.3) is 0 Å². The minimum absolute atomic E-state index is 0.130. The van der Waals surface area contributed by atoms with E-state index in [9.17, 15) is 8.22 Å². The summed E-state index contributed by atoms with van der Waals surface area (Å²) in [5.74, 6) is 0. The monoisotopic (exact) mass is 603 g/mol. The van der Waals surface area contributed by atoms with Crippen molar-refractivity contribution in [2.75, 3.05) is 0 Å². The molecule has 1 heterocycles. The van der Waals surface area contributed by atoms with Crippen molar-refractivity contribution in [3.8, 4) is 33.4 Å². The molecule has 46 heavy (non-hydrogen) atoms. The molecule has 0 spiro atoms. The van der Waals surface area contributed by atoms with Gasteiger partial charge in [-0.1, -0.05) is 157 Å². The highest BCUT2D eigenvalue weighted by Gasteiger charge is 2.16. The van der Waals surface area contributed by atoms with Crippen LogP contribution in [0.25, 0.3) is 76.9 Å². The minimum Gasteiger partial charge on any atom is -0.455 e. The number of furan rings is 1. The molecule has 0 saturated heterocycles. The number of fused-ring (bicyclic) bond motifs is 5. The molecule has 8 aromatic carbocycles. The van der Waals surface area contributed by atoms with Crippen LogP contribution in [0.3, 0.4) is 0 Å². The minimum atomic E-state index is -0.774. The van der Waals surface area contributed by atoms with E-state index in [-0.39, 0.29) is 33.0 Å². The molecule has 1 nitrogen and oxygen atoms in total. The van der Waals surface area contributed by atoms with Gasteiger partial charge < -0.3 is 4.42 Å². The number of hydrogen-bond donors (Lipinski definition) is 0. The number of hydrogen-bond acceptors (Lipinski definition) is 1. The quantitative estimate of drug-likeness (QED) is 0.178. The summed E-state index contributed by atoms with van der Waals surface area (Å²) < 4.78 is 158. The van der Waals surface area contributed by atoms with E-state index in [1.165, 1.54) is 0 Å². The molecule has 1 heteroatoms. The Balaban J connectivity index is 1.38. The Hall–Kier alpha value is -5.92. The molecule has 0 fully saturated rings. The average molecular weight is 604 g/mol. The molecule has 0 amide bonds. The van der Waals surface area contributed by atoms with E-state index < -0.39 is 131 Å². The van der Waals surface area contributed by atoms with Crippen LogP contribution in [0.1, 0.15) is 34.4 Å². The van der Waals surface area contributed by atoms with Crippen LogP contribution in [0.2, 0.25) is 0 Å². The summed E-state index contributed by atoms with van der Waals surface area (Å²) in [4.78, 5) is 0. The molecule has 0 aliphatic heterocycles. The summed E-state index contributed by atoms with van der Waals surface area (Å²) in [6, 6.07) is 8.63. The fraction of sp³-hybridized carbons (Fsp3) is 0.0222. The van der Waals surface area contributed by atoms with Crippen molar-refractivity contribution in [3.05, 3.63) is 181 Å². The molecule has 0 radical (unpaired) electrons. The largest absolute Gasteiger partial charge is 0.455 e. The SMILES string of the molecule is [2H]c1c([2H])c([2H])c(Cc2c3c([2H])c([2H])c([2H])c([2H])c3c(-c3c([2H])c([2H])c(-c4ccc5c(c4)oc4c(-c6ccccc6)cccc45)c([2H])c3[2H])c3c([2H])c([2H])c([2H])c([2H])c23)c([2H])c1[2H]. The maximum atomic E-state index is 9.47. The standard InChI is InChI=1S/C45H30O/c1-3-12-30(13-4-1)28-42-36-16-7-9-18-39(36)44(40-19-10-8-17-37(40)42)33-24-22-31(23-25-33)34-26-27-38-41-21-11-20-35(32-14-5-2-6-15-32)45(41)46-43(38)29-34/h1-27,29H,28H2/i1D,3D,4D,7D,8D,9D,10D,12D,13D,16D,17D,18D,19D,22D,23D,24D,25D. The van der Waals surface area contributed by atoms with Gasteiger partial charge in [0.15, 0.2) is 0 Å². The van der Waals surface area contributed by atoms with Crippen LogP contribution in [-0.2, 0) is 6.42 Å². The zero-order chi connectivity index (χ0) is 45.2. The first kappa shape index (κ1) is 14.5. The summed E-state index contributed by atoms with van der Waals surface area (Å²) in [6.45, 7) is 0. The van der Waals surface area contributed by atoms with Gasteiger partial charge in [-0.2, -0.15) is 0 Å². The lowest BCUT2D eigenvalue weighted by Gasteiger charge is -2.18. The molecular weight excluding hydrogens is 556 g/mol. The van der Waals surface area contributed by atoms with Gasteiger partial charge >= 0.3 is 0 Å². The number of para-hydroxylation sites is 1. The third-order valence-corrected chi connectivity index (χ3v) is 8.13. The van der Waals surface area contributed by atoms with Crippen LogP contribution >= 0.6 is 0 Å². The third kappa shape index (κ3) is 4.40. The van der Waals surface area contributed by atoms with E-state index in [1.54, 1.807) is 18.2 Å². The molecule has 0 N–H and O–H groups in total. The fourth-order valence-corrected chi connectivity index (χ4v) is 6.05. The topological polar surface area (TPSA) is 13.1 Å². The normalized spacial score (nSPS) is 16.7. The van der Waals surface area contributed by atoms with Crippen LogP contribution in [0.5, 0.6) is 0 Å². The molecule has 0 aliphatic rings. The van der Waals surface area contributed by atoms with Crippen molar-refractivity contribution < 1.29 is 27.7 Å². The van der Waals surface area contributed by atoms with Crippen molar-refractivity contribution in [2.24, 2.45) is 0 Å². The van der Waals surface area contributed by atoms with Crippen LogP contribution in [0.15, 0.2) is 174 Å². The Morgan fingerprint density at radius 2 is 1.11 bits per heavy atom. The molecule has 9 aromatic rings. The Morgan fingerprint density at radius 1 is 0.457 bits per heavy atom. The lowest BCUT2D eigenvalue weighted by Crippen LogP contribution is -1.95. The second-order valence-corrected chi connectivity index (χ2v) is 10.7. The van der Waals surface area contributed by atoms with Crippen molar-refractivity contribution in [1.82, 2.24) is 0 Å². The maximum Gasteiger partial charge on any atom is 0.143 e. The van der Waals surface area contributed by atoms with Gasteiger partial charge in [-0.05, 0) is 79.0 Å². The maximum absolute atomic E-state index is 9.47. The van der Waals surface area contributed by atoms with Crippen molar-refractivity contribution >= 4 is 43.5 Å². The van der Waals surface area contributed by atoms with Crippen molar-refractivity contribution in [2.45, 2.75) is 6.42 Å². The lowest BCUT2D eigenvalue weighted by molar-refractivity contribution is 0.670. The van der Waals surface area contributed by atoms with E-state index in [1.807, 2.05) is 48.5 Å². The fourth-order valence-electron chi connectivity index (χ4n) is 6.05. The van der Waals surface area contributed by atoms with Gasteiger partial charge in [0.1, 0.15) is 11.2 Å². The smallest absolute Gasteiger partial charge is 0.143 e. The van der Waals surface area contributed by atoms with Gasteiger partial charge in [-0.15, -0.1) is 0 Å². The Labute approximate surface area is 291 Å². The van der Waals surface area contributed by atoms with E-state index in [4.69, 9.17) is 19.5 Å². The number of benzene rings is 8. The zero-order valence-corrected chi connectivity index (χ0v) is 24.0. The average Bonchev–Trinajstić information content (AvgIpc) is 3.66. The molecule has 0 bridgehead atoms. The summed E-state index contributed by atoms with van der Waals surface area (Å²) >= 11 is 0. The summed E-state index contributed by atoms with van der Waals surface area (Å²) in [7, 11) is 0. The van der Waals surface area contributed by atoms with Crippen LogP contribution in [-0.4, -0.2) is 0 Å². The third-order valence-electron chi connectivity index (χ3n) is 8.13. The second kappa shape index (κ2) is 10.9. The molecule has 0 saturated carbocycles. The van der Waals surface area contributed by atoms with Crippen LogP contribution < -0.4 is 0 Å². The van der Waals surface area contributed by atoms with E-state index in [2.05, 4.69) is 0 Å². The van der Waals surface area contributed by atoms with E-state index in [0.717, 1.165) is 21.9 Å². The first-order valence-corrected chi connectivity index (χ1v) is 14.5. The number of rotatable bonds is 5. The highest BCUT2D eigenvalue weighted by molar-refractivity contribution is 6.15. The Morgan fingerprint density at radius 3 is 1.83 bits per heavy atom. The summed E-state index contributed by atoms with van der Waals surface area (Å²) in [6.07, 6.45) is -0.655. The first-order chi connectivity index (χ1) is 29.9. The van der Waals surface area contributed by atoms with Gasteiger partial charge in [-0.25, -0.2) is 0 Å². The second-order valence-electron chi connectivity index (χ2n) is 10.7. The molecule has 0 atom stereocenters. The first-order valence-electron chi connectivity index (χ1n) is 23.0. The van der Waals surface area contributed by atoms with Crippen LogP contribution in [0, 0.1) is 0 Å². The summed E-state index contributed by atoms with van der Waals surface area (Å²) in [5.41, 5.74) is 1.44. The highest BCUT2D eigenvalue weighted by Crippen LogP contribution is 2.41. The van der Waals surface area contributed by atoms with Crippen molar-refractivity contribution in [3.63, 3.8) is 0 Å². The Kier molecular flexibility index (Phi) is 3.43. The molecule has 9 rings (SSSR count). The lowest BCUT2D eigenvalue weighted by atomic mass is 9.86. The van der Waals surface area contributed by atoms with Gasteiger partial charge in [-0.3, -0.25) is 0 Å². The highest BCUT2D eigenvalue weighted by atomic mass is 16.3. The van der Waals surface area contributed by atoms with Gasteiger partial charge in [0.05, 0.1) is 23.3 Å². The molecule has 0 aliphatic carbocycles. The predicted octanol–water partition coefficient (Wildman–Crippen LogP) is 12.5. The van der Waals surface area contributed by atoms with Crippen molar-refractivity contribution in [1.29, 1.82) is 0 Å². The van der Waals surface area contributed by atoms with E-state index >= 15 is 0 Å². The summed E-state index contributed by atoms with van der Waals surface area (Å²) in [5, 5.41) is 0.0247. The predicted molar refractivity (Wildman–Crippen MR) is 194 cm³/mol. The van der Waals surface area contributed by atoms with Gasteiger partial charge in [0.2, 0.25) is 0 Å².